The largest absolute Gasteiger partial charge is 0.481 e. The molecule has 0 bridgehead atoms. The number of amides is 2. The van der Waals surface area contributed by atoms with Crippen molar-refractivity contribution in [1.82, 2.24) is 10.6 Å². The SMILES string of the molecule is O=C(NCC(O)c1ccsc1)NC1CCC(C(=O)O)CC1. The number of aliphatic hydroxyl groups is 1. The summed E-state index contributed by atoms with van der Waals surface area (Å²) in [6.45, 7) is 0.160. The fraction of sp³-hybridized carbons (Fsp3) is 0.571. The van der Waals surface area contributed by atoms with Crippen molar-refractivity contribution < 1.29 is 19.8 Å². The Bertz CT molecular complexity index is 469. The van der Waals surface area contributed by atoms with Gasteiger partial charge in [-0.2, -0.15) is 11.3 Å². The highest BCUT2D eigenvalue weighted by atomic mass is 32.1. The zero-order valence-corrected chi connectivity index (χ0v) is 12.4. The molecule has 7 heteroatoms. The van der Waals surface area contributed by atoms with E-state index in [4.69, 9.17) is 5.11 Å². The third kappa shape index (κ3) is 4.71. The van der Waals surface area contributed by atoms with Gasteiger partial charge >= 0.3 is 12.0 Å². The van der Waals surface area contributed by atoms with Crippen molar-refractivity contribution in [3.63, 3.8) is 0 Å². The van der Waals surface area contributed by atoms with Gasteiger partial charge in [0.25, 0.3) is 0 Å². The number of thiophene rings is 1. The summed E-state index contributed by atoms with van der Waals surface area (Å²) in [6, 6.07) is 1.52. The zero-order valence-electron chi connectivity index (χ0n) is 11.6. The normalized spacial score (nSPS) is 23.3. The summed E-state index contributed by atoms with van der Waals surface area (Å²) < 4.78 is 0. The number of urea groups is 1. The third-order valence-corrected chi connectivity index (χ3v) is 4.50. The molecule has 1 aromatic rings. The predicted molar refractivity (Wildman–Crippen MR) is 79.2 cm³/mol. The van der Waals surface area contributed by atoms with Crippen molar-refractivity contribution in [2.75, 3.05) is 6.54 Å². The summed E-state index contributed by atoms with van der Waals surface area (Å²) in [5, 5.41) is 28.0. The van der Waals surface area contributed by atoms with Crippen LogP contribution in [0.1, 0.15) is 37.4 Å². The second kappa shape index (κ2) is 7.42. The number of carboxylic acid groups (broad SMARTS) is 1. The number of hydrogen-bond acceptors (Lipinski definition) is 4. The van der Waals surface area contributed by atoms with E-state index >= 15 is 0 Å². The van der Waals surface area contributed by atoms with Crippen LogP contribution < -0.4 is 10.6 Å². The number of rotatable bonds is 5. The summed E-state index contributed by atoms with van der Waals surface area (Å²) in [4.78, 5) is 22.6. The van der Waals surface area contributed by atoms with Crippen molar-refractivity contribution in [3.05, 3.63) is 22.4 Å². The van der Waals surface area contributed by atoms with Gasteiger partial charge in [-0.05, 0) is 48.1 Å². The van der Waals surface area contributed by atoms with Gasteiger partial charge in [-0.25, -0.2) is 4.79 Å². The fourth-order valence-electron chi connectivity index (χ4n) is 2.49. The van der Waals surface area contributed by atoms with E-state index in [1.54, 1.807) is 0 Å². The van der Waals surface area contributed by atoms with E-state index in [0.29, 0.717) is 25.7 Å². The minimum Gasteiger partial charge on any atom is -0.481 e. The molecule has 21 heavy (non-hydrogen) atoms. The molecule has 0 aromatic carbocycles. The van der Waals surface area contributed by atoms with E-state index in [2.05, 4.69) is 10.6 Å². The van der Waals surface area contributed by atoms with Crippen LogP contribution in [0.3, 0.4) is 0 Å². The van der Waals surface area contributed by atoms with Crippen molar-refractivity contribution >= 4 is 23.3 Å². The molecule has 0 spiro atoms. The van der Waals surface area contributed by atoms with Crippen LogP contribution in [0.25, 0.3) is 0 Å². The molecule has 116 valence electrons. The second-order valence-corrected chi connectivity index (χ2v) is 6.09. The van der Waals surface area contributed by atoms with Gasteiger partial charge in [-0.15, -0.1) is 0 Å². The van der Waals surface area contributed by atoms with Gasteiger partial charge < -0.3 is 20.8 Å². The van der Waals surface area contributed by atoms with E-state index in [-0.39, 0.29) is 24.5 Å². The van der Waals surface area contributed by atoms with Gasteiger partial charge in [0.15, 0.2) is 0 Å². The van der Waals surface area contributed by atoms with E-state index < -0.39 is 12.1 Å². The molecule has 0 saturated heterocycles. The van der Waals surface area contributed by atoms with Crippen molar-refractivity contribution in [2.24, 2.45) is 5.92 Å². The maximum absolute atomic E-state index is 11.8. The van der Waals surface area contributed by atoms with Crippen LogP contribution in [0, 0.1) is 5.92 Å². The number of nitrogens with one attached hydrogen (secondary N) is 2. The molecule has 1 heterocycles. The van der Waals surface area contributed by atoms with Crippen molar-refractivity contribution in [2.45, 2.75) is 37.8 Å². The quantitative estimate of drug-likeness (QED) is 0.665. The molecule has 1 fully saturated rings. The smallest absolute Gasteiger partial charge is 0.315 e. The molecule has 1 atom stereocenters. The Hall–Kier alpha value is -1.60. The van der Waals surface area contributed by atoms with Crippen LogP contribution in [0.2, 0.25) is 0 Å². The van der Waals surface area contributed by atoms with Crippen LogP contribution in [0.5, 0.6) is 0 Å². The molecule has 1 aliphatic rings. The van der Waals surface area contributed by atoms with Gasteiger partial charge in [-0.3, -0.25) is 4.79 Å². The molecular formula is C14H20N2O4S. The standard InChI is InChI=1S/C14H20N2O4S/c17-12(10-5-6-21-8-10)7-15-14(20)16-11-3-1-9(2-4-11)13(18)19/h5-6,8-9,11-12,17H,1-4,7H2,(H,18,19)(H2,15,16,20). The van der Waals surface area contributed by atoms with Crippen LogP contribution in [-0.2, 0) is 4.79 Å². The topological polar surface area (TPSA) is 98.7 Å². The van der Waals surface area contributed by atoms with E-state index in [0.717, 1.165) is 5.56 Å². The van der Waals surface area contributed by atoms with E-state index in [9.17, 15) is 14.7 Å². The Morgan fingerprint density at radius 3 is 2.62 bits per heavy atom. The highest BCUT2D eigenvalue weighted by Gasteiger charge is 2.26. The van der Waals surface area contributed by atoms with Crippen LogP contribution in [0.4, 0.5) is 4.79 Å². The Morgan fingerprint density at radius 2 is 2.05 bits per heavy atom. The average molecular weight is 312 g/mol. The number of carbonyl (C=O) groups excluding carboxylic acids is 1. The number of hydrogen-bond donors (Lipinski definition) is 4. The molecule has 6 nitrogen and oxygen atoms in total. The molecule has 2 amide bonds. The Kier molecular flexibility index (Phi) is 5.58. The Labute approximate surface area is 127 Å². The van der Waals surface area contributed by atoms with Crippen LogP contribution >= 0.6 is 11.3 Å². The predicted octanol–water partition coefficient (Wildman–Crippen LogP) is 1.72. The summed E-state index contributed by atoms with van der Waals surface area (Å²) in [7, 11) is 0. The zero-order chi connectivity index (χ0) is 15.2. The molecule has 0 aliphatic heterocycles. The molecular weight excluding hydrogens is 292 g/mol. The fourth-order valence-corrected chi connectivity index (χ4v) is 3.20. The minimum atomic E-state index is -0.753. The summed E-state index contributed by atoms with van der Waals surface area (Å²) in [5.74, 6) is -1.04. The lowest BCUT2D eigenvalue weighted by Gasteiger charge is -2.27. The van der Waals surface area contributed by atoms with E-state index in [1.807, 2.05) is 16.8 Å². The Morgan fingerprint density at radius 1 is 1.33 bits per heavy atom. The van der Waals surface area contributed by atoms with E-state index in [1.165, 1.54) is 11.3 Å². The van der Waals surface area contributed by atoms with Crippen LogP contribution in [0.15, 0.2) is 16.8 Å². The molecule has 0 radical (unpaired) electrons. The third-order valence-electron chi connectivity index (χ3n) is 3.80. The lowest BCUT2D eigenvalue weighted by atomic mass is 9.86. The van der Waals surface area contributed by atoms with Gasteiger partial charge in [0.1, 0.15) is 0 Å². The molecule has 1 unspecified atom stereocenters. The maximum atomic E-state index is 11.8. The number of carboxylic acids is 1. The van der Waals surface area contributed by atoms with Crippen molar-refractivity contribution in [3.8, 4) is 0 Å². The lowest BCUT2D eigenvalue weighted by Crippen LogP contribution is -2.45. The number of carbonyl (C=O) groups is 2. The summed E-state index contributed by atoms with van der Waals surface area (Å²) in [6.07, 6.45) is 1.84. The number of aliphatic carboxylic acids is 1. The highest BCUT2D eigenvalue weighted by molar-refractivity contribution is 7.07. The maximum Gasteiger partial charge on any atom is 0.315 e. The minimum absolute atomic E-state index is 0.0129. The van der Waals surface area contributed by atoms with Crippen molar-refractivity contribution in [1.29, 1.82) is 0 Å². The molecule has 1 aromatic heterocycles. The summed E-state index contributed by atoms with van der Waals surface area (Å²) in [5.41, 5.74) is 0.794. The molecule has 1 saturated carbocycles. The van der Waals surface area contributed by atoms with Gasteiger partial charge in [0.2, 0.25) is 0 Å². The number of aliphatic hydroxyl groups excluding tert-OH is 1. The molecule has 2 rings (SSSR count). The first kappa shape index (κ1) is 15.8. The lowest BCUT2D eigenvalue weighted by molar-refractivity contribution is -0.142. The van der Waals surface area contributed by atoms with Gasteiger partial charge in [0, 0.05) is 12.6 Å². The van der Waals surface area contributed by atoms with Crippen LogP contribution in [-0.4, -0.2) is 34.8 Å². The monoisotopic (exact) mass is 312 g/mol. The molecule has 4 N–H and O–H groups in total. The Balaban J connectivity index is 1.67. The first-order valence-electron chi connectivity index (χ1n) is 7.03. The van der Waals surface area contributed by atoms with Gasteiger partial charge in [-0.1, -0.05) is 0 Å². The summed E-state index contributed by atoms with van der Waals surface area (Å²) >= 11 is 1.50. The molecule has 1 aliphatic carbocycles. The first-order valence-corrected chi connectivity index (χ1v) is 7.98. The average Bonchev–Trinajstić information content (AvgIpc) is 2.99. The second-order valence-electron chi connectivity index (χ2n) is 5.31. The highest BCUT2D eigenvalue weighted by Crippen LogP contribution is 2.24. The van der Waals surface area contributed by atoms with Gasteiger partial charge in [0.05, 0.1) is 12.0 Å². The first-order chi connectivity index (χ1) is 10.1.